The summed E-state index contributed by atoms with van der Waals surface area (Å²) in [5.41, 5.74) is -0.776. The molecule has 0 aromatic heterocycles. The van der Waals surface area contributed by atoms with Crippen molar-refractivity contribution in [3.63, 3.8) is 0 Å². The van der Waals surface area contributed by atoms with Gasteiger partial charge in [0.2, 0.25) is 15.9 Å². The lowest BCUT2D eigenvalue weighted by Gasteiger charge is -2.29. The zero-order valence-electron chi connectivity index (χ0n) is 14.5. The zero-order valence-corrected chi connectivity index (χ0v) is 15.3. The van der Waals surface area contributed by atoms with E-state index in [9.17, 15) is 23.3 Å². The number of fused-ring (bicyclic) bond motifs is 1. The highest BCUT2D eigenvalue weighted by Crippen LogP contribution is 2.43. The molecule has 2 heterocycles. The summed E-state index contributed by atoms with van der Waals surface area (Å²) in [6, 6.07) is 4.05. The number of hydrogen-bond donors (Lipinski definition) is 1. The molecule has 142 valence electrons. The van der Waals surface area contributed by atoms with Gasteiger partial charge >= 0.3 is 0 Å². The Balaban J connectivity index is 1.92. The summed E-state index contributed by atoms with van der Waals surface area (Å²) in [6.07, 6.45) is 0. The molecule has 1 N–H and O–H groups in total. The van der Waals surface area contributed by atoms with Crippen LogP contribution in [0, 0.1) is 10.1 Å². The Kier molecular flexibility index (Phi) is 4.73. The lowest BCUT2D eigenvalue weighted by atomic mass is 9.85. The van der Waals surface area contributed by atoms with Crippen LogP contribution in [0.15, 0.2) is 18.2 Å². The molecular weight excluding hydrogens is 364 g/mol. The highest BCUT2D eigenvalue weighted by Gasteiger charge is 2.49. The van der Waals surface area contributed by atoms with Gasteiger partial charge in [0.1, 0.15) is 0 Å². The molecule has 0 saturated carbocycles. The number of likely N-dealkylation sites (N-methyl/N-ethyl adjacent to an activating group) is 1. The van der Waals surface area contributed by atoms with Gasteiger partial charge in [0.15, 0.2) is 0 Å². The predicted molar refractivity (Wildman–Crippen MR) is 93.2 cm³/mol. The summed E-state index contributed by atoms with van der Waals surface area (Å²) < 4.78 is 30.5. The number of nitro groups is 1. The minimum atomic E-state index is -3.85. The first-order valence-electron chi connectivity index (χ1n) is 8.04. The Morgan fingerprint density at radius 3 is 2.62 bits per heavy atom. The fourth-order valence-electron chi connectivity index (χ4n) is 3.37. The third-order valence-corrected chi connectivity index (χ3v) is 6.18. The number of hydrogen-bond acceptors (Lipinski definition) is 7. The normalized spacial score (nSPS) is 23.9. The van der Waals surface area contributed by atoms with E-state index < -0.39 is 32.0 Å². The second-order valence-corrected chi connectivity index (χ2v) is 8.31. The van der Waals surface area contributed by atoms with E-state index in [0.29, 0.717) is 37.6 Å². The first kappa shape index (κ1) is 18.7. The van der Waals surface area contributed by atoms with Crippen molar-refractivity contribution in [1.29, 1.82) is 0 Å². The number of nitrogens with one attached hydrogen (secondary N) is 1. The molecule has 26 heavy (non-hydrogen) atoms. The second kappa shape index (κ2) is 6.58. The Morgan fingerprint density at radius 2 is 2.00 bits per heavy atom. The Labute approximate surface area is 150 Å². The zero-order chi connectivity index (χ0) is 19.1. The lowest BCUT2D eigenvalue weighted by Crippen LogP contribution is -2.52. The van der Waals surface area contributed by atoms with Crippen LogP contribution in [0.3, 0.4) is 0 Å². The molecule has 1 fully saturated rings. The van der Waals surface area contributed by atoms with Crippen LogP contribution < -0.4 is 9.73 Å². The van der Waals surface area contributed by atoms with E-state index >= 15 is 0 Å². The van der Waals surface area contributed by atoms with Gasteiger partial charge < -0.3 is 9.64 Å². The number of sulfonamides is 1. The molecule has 0 spiro atoms. The monoisotopic (exact) mass is 384 g/mol. The van der Waals surface area contributed by atoms with Crippen molar-refractivity contribution >= 4 is 27.3 Å². The largest absolute Gasteiger partial charge is 0.379 e. The molecule has 1 amide bonds. The SMILES string of the molecule is CN1C(=O)[C@](C)(CS(=O)(=O)NN2CCOCC2)c2cc([N+](=O)[O-])ccc21. The smallest absolute Gasteiger partial charge is 0.269 e. The predicted octanol–water partition coefficient (Wildman–Crippen LogP) is -0.00450. The summed E-state index contributed by atoms with van der Waals surface area (Å²) in [6.45, 7) is 3.14. The van der Waals surface area contributed by atoms with Gasteiger partial charge in [-0.25, -0.2) is 13.4 Å². The topological polar surface area (TPSA) is 122 Å². The van der Waals surface area contributed by atoms with Crippen molar-refractivity contribution in [2.75, 3.05) is 44.0 Å². The van der Waals surface area contributed by atoms with Crippen molar-refractivity contribution < 1.29 is 22.9 Å². The average Bonchev–Trinajstić information content (AvgIpc) is 2.76. The van der Waals surface area contributed by atoms with E-state index in [-0.39, 0.29) is 5.69 Å². The molecule has 11 heteroatoms. The molecule has 0 radical (unpaired) electrons. The minimum absolute atomic E-state index is 0.184. The van der Waals surface area contributed by atoms with E-state index in [0.717, 1.165) is 0 Å². The third kappa shape index (κ3) is 3.30. The number of nitrogens with zero attached hydrogens (tertiary/aromatic N) is 3. The number of hydrazine groups is 1. The summed E-state index contributed by atoms with van der Waals surface area (Å²) in [5.74, 6) is -0.922. The van der Waals surface area contributed by atoms with Crippen LogP contribution in [0.4, 0.5) is 11.4 Å². The molecule has 0 bridgehead atoms. The summed E-state index contributed by atoms with van der Waals surface area (Å²) in [5, 5.41) is 12.6. The Morgan fingerprint density at radius 1 is 1.35 bits per heavy atom. The number of morpholine rings is 1. The molecular formula is C15H20N4O6S. The number of amides is 1. The van der Waals surface area contributed by atoms with E-state index in [1.54, 1.807) is 0 Å². The lowest BCUT2D eigenvalue weighted by molar-refractivity contribution is -0.384. The number of carbonyl (C=O) groups is 1. The van der Waals surface area contributed by atoms with Crippen LogP contribution in [-0.4, -0.2) is 63.4 Å². The van der Waals surface area contributed by atoms with E-state index in [2.05, 4.69) is 4.83 Å². The Hall–Kier alpha value is -2.08. The summed E-state index contributed by atoms with van der Waals surface area (Å²) in [7, 11) is -2.32. The molecule has 2 aliphatic heterocycles. The van der Waals surface area contributed by atoms with Crippen LogP contribution in [-0.2, 0) is 25.0 Å². The summed E-state index contributed by atoms with van der Waals surface area (Å²) >= 11 is 0. The molecule has 10 nitrogen and oxygen atoms in total. The van der Waals surface area contributed by atoms with Gasteiger partial charge in [-0.15, -0.1) is 4.83 Å². The number of anilines is 1. The van der Waals surface area contributed by atoms with Crippen LogP contribution >= 0.6 is 0 Å². The highest BCUT2D eigenvalue weighted by molar-refractivity contribution is 7.89. The maximum absolute atomic E-state index is 12.8. The van der Waals surface area contributed by atoms with Crippen molar-refractivity contribution in [2.45, 2.75) is 12.3 Å². The number of rotatable bonds is 5. The average molecular weight is 384 g/mol. The van der Waals surface area contributed by atoms with Gasteiger partial charge in [0, 0.05) is 38.0 Å². The number of benzene rings is 1. The molecule has 1 aromatic rings. The molecule has 3 rings (SSSR count). The Bertz CT molecular complexity index is 852. The van der Waals surface area contributed by atoms with Crippen molar-refractivity contribution in [1.82, 2.24) is 9.84 Å². The van der Waals surface area contributed by atoms with E-state index in [4.69, 9.17) is 4.74 Å². The van der Waals surface area contributed by atoms with Crippen molar-refractivity contribution in [3.05, 3.63) is 33.9 Å². The number of non-ortho nitro benzene ring substituents is 1. The van der Waals surface area contributed by atoms with Gasteiger partial charge in [-0.3, -0.25) is 14.9 Å². The number of carbonyl (C=O) groups excluding carboxylic acids is 1. The maximum atomic E-state index is 12.8. The minimum Gasteiger partial charge on any atom is -0.379 e. The van der Waals surface area contributed by atoms with Gasteiger partial charge in [0.25, 0.3) is 5.69 Å². The van der Waals surface area contributed by atoms with Gasteiger partial charge in [0.05, 0.1) is 29.3 Å². The second-order valence-electron chi connectivity index (χ2n) is 6.60. The fraction of sp³-hybridized carbons (Fsp3) is 0.533. The van der Waals surface area contributed by atoms with Crippen molar-refractivity contribution in [2.24, 2.45) is 0 Å². The number of nitro benzene ring substituents is 1. The first-order valence-corrected chi connectivity index (χ1v) is 9.69. The van der Waals surface area contributed by atoms with Crippen molar-refractivity contribution in [3.8, 4) is 0 Å². The van der Waals surface area contributed by atoms with Gasteiger partial charge in [-0.2, -0.15) is 0 Å². The molecule has 1 atom stereocenters. The molecule has 2 aliphatic rings. The molecule has 1 aromatic carbocycles. The highest BCUT2D eigenvalue weighted by atomic mass is 32.2. The molecule has 0 unspecified atom stereocenters. The van der Waals surface area contributed by atoms with Crippen LogP contribution in [0.2, 0.25) is 0 Å². The maximum Gasteiger partial charge on any atom is 0.269 e. The van der Waals surface area contributed by atoms with Gasteiger partial charge in [-0.05, 0) is 18.6 Å². The first-order chi connectivity index (χ1) is 12.1. The summed E-state index contributed by atoms with van der Waals surface area (Å²) in [4.78, 5) is 27.1. The third-order valence-electron chi connectivity index (χ3n) is 4.68. The fourth-order valence-corrected chi connectivity index (χ4v) is 5.05. The molecule has 0 aliphatic carbocycles. The standard InChI is InChI=1S/C15H20N4O6S/c1-15(10-26(23,24)16-18-5-7-25-8-6-18)12-9-11(19(21)22)3-4-13(12)17(2)14(15)20/h3-4,9,16H,5-8,10H2,1-2H3/t15-/m1/s1. The molecule has 1 saturated heterocycles. The van der Waals surface area contributed by atoms with Crippen LogP contribution in [0.5, 0.6) is 0 Å². The van der Waals surface area contributed by atoms with Crippen LogP contribution in [0.25, 0.3) is 0 Å². The number of ether oxygens (including phenoxy) is 1. The van der Waals surface area contributed by atoms with Crippen LogP contribution in [0.1, 0.15) is 12.5 Å². The van der Waals surface area contributed by atoms with E-state index in [1.165, 1.54) is 42.1 Å². The van der Waals surface area contributed by atoms with E-state index in [1.807, 2.05) is 0 Å². The quantitative estimate of drug-likeness (QED) is 0.560. The van der Waals surface area contributed by atoms with Gasteiger partial charge in [-0.1, -0.05) is 0 Å².